The molecule has 5 unspecified atom stereocenters. The van der Waals surface area contributed by atoms with Crippen LogP contribution < -0.4 is 27.4 Å². The van der Waals surface area contributed by atoms with Gasteiger partial charge in [0.25, 0.3) is 0 Å². The number of nitrogens with two attached hydrogens (primary N) is 2. The second-order valence-electron chi connectivity index (χ2n) is 7.86. The topological polar surface area (TPSA) is 243 Å². The monoisotopic (exact) mass is 515 g/mol. The molecule has 0 aliphatic heterocycles. The van der Waals surface area contributed by atoms with Crippen molar-refractivity contribution in [2.75, 3.05) is 12.0 Å². The molecule has 0 saturated carbocycles. The summed E-state index contributed by atoms with van der Waals surface area (Å²) >= 11 is 1.41. The second-order valence-corrected chi connectivity index (χ2v) is 8.84. The number of nitrogens with one attached hydrogen (secondary N) is 4. The van der Waals surface area contributed by atoms with Gasteiger partial charge in [-0.3, -0.25) is 19.2 Å². The Morgan fingerprint density at radius 3 is 2.11 bits per heavy atom. The normalized spacial score (nSPS) is 15.2. The molecule has 35 heavy (non-hydrogen) atoms. The van der Waals surface area contributed by atoms with Gasteiger partial charge in [-0.25, -0.2) is 9.78 Å². The van der Waals surface area contributed by atoms with Gasteiger partial charge < -0.3 is 42.6 Å². The maximum atomic E-state index is 12.9. The van der Waals surface area contributed by atoms with Gasteiger partial charge in [0.05, 0.1) is 12.4 Å². The molecule has 4 amide bonds. The molecule has 1 heterocycles. The van der Waals surface area contributed by atoms with Gasteiger partial charge in [-0.15, -0.1) is 0 Å². The first-order valence-corrected chi connectivity index (χ1v) is 12.2. The Bertz CT molecular complexity index is 866. The van der Waals surface area contributed by atoms with Crippen LogP contribution in [0.15, 0.2) is 12.5 Å². The first-order valence-electron chi connectivity index (χ1n) is 10.8. The molecule has 0 bridgehead atoms. The highest BCUT2D eigenvalue weighted by atomic mass is 32.2. The van der Waals surface area contributed by atoms with Crippen molar-refractivity contribution in [3.8, 4) is 0 Å². The molecule has 1 rings (SSSR count). The molecule has 0 radical (unpaired) electrons. The van der Waals surface area contributed by atoms with Gasteiger partial charge in [-0.05, 0) is 31.8 Å². The van der Waals surface area contributed by atoms with E-state index in [0.717, 1.165) is 0 Å². The fraction of sp³-hybridized carbons (Fsp3) is 0.600. The maximum absolute atomic E-state index is 12.9. The van der Waals surface area contributed by atoms with Crippen LogP contribution in [0, 0.1) is 0 Å². The number of rotatable bonds is 16. The van der Waals surface area contributed by atoms with E-state index < -0.39 is 59.9 Å². The van der Waals surface area contributed by atoms with Crippen LogP contribution in [-0.2, 0) is 30.4 Å². The molecule has 10 N–H and O–H groups in total. The van der Waals surface area contributed by atoms with Crippen molar-refractivity contribution < 1.29 is 34.2 Å². The summed E-state index contributed by atoms with van der Waals surface area (Å²) in [5, 5.41) is 26.3. The molecule has 0 fully saturated rings. The number of carboxylic acid groups (broad SMARTS) is 1. The number of aromatic amines is 1. The first-order chi connectivity index (χ1) is 16.5. The van der Waals surface area contributed by atoms with E-state index >= 15 is 0 Å². The third-order valence-electron chi connectivity index (χ3n) is 4.97. The van der Waals surface area contributed by atoms with E-state index in [1.54, 1.807) is 6.26 Å². The Hall–Kier alpha value is -3.17. The average molecular weight is 516 g/mol. The maximum Gasteiger partial charge on any atom is 0.326 e. The number of H-pyrrole nitrogens is 1. The van der Waals surface area contributed by atoms with Crippen LogP contribution in [-0.4, -0.2) is 92.1 Å². The molecule has 1 aromatic rings. The number of imidazole rings is 1. The summed E-state index contributed by atoms with van der Waals surface area (Å²) in [7, 11) is 0. The molecular formula is C20H33N7O7S. The molecule has 15 heteroatoms. The summed E-state index contributed by atoms with van der Waals surface area (Å²) in [5.41, 5.74) is 11.3. The van der Waals surface area contributed by atoms with Crippen molar-refractivity contribution >= 4 is 41.4 Å². The molecular weight excluding hydrogens is 482 g/mol. The summed E-state index contributed by atoms with van der Waals surface area (Å²) in [4.78, 5) is 67.5. The van der Waals surface area contributed by atoms with Crippen molar-refractivity contribution in [1.29, 1.82) is 0 Å². The fourth-order valence-electron chi connectivity index (χ4n) is 2.91. The predicted octanol–water partition coefficient (Wildman–Crippen LogP) is -2.78. The zero-order valence-corrected chi connectivity index (χ0v) is 20.3. The van der Waals surface area contributed by atoms with Gasteiger partial charge in [0, 0.05) is 24.7 Å². The zero-order chi connectivity index (χ0) is 26.5. The van der Waals surface area contributed by atoms with E-state index in [1.807, 2.05) is 0 Å². The number of carboxylic acids is 1. The van der Waals surface area contributed by atoms with E-state index in [1.165, 1.54) is 31.2 Å². The molecule has 196 valence electrons. The summed E-state index contributed by atoms with van der Waals surface area (Å²) in [6, 6.07) is -5.01. The van der Waals surface area contributed by atoms with E-state index in [4.69, 9.17) is 11.5 Å². The summed E-state index contributed by atoms with van der Waals surface area (Å²) < 4.78 is 0. The number of carbonyl (C=O) groups is 5. The van der Waals surface area contributed by atoms with E-state index in [0.29, 0.717) is 11.4 Å². The molecule has 5 atom stereocenters. The Morgan fingerprint density at radius 2 is 1.63 bits per heavy atom. The van der Waals surface area contributed by atoms with Gasteiger partial charge in [0.2, 0.25) is 23.6 Å². The van der Waals surface area contributed by atoms with Gasteiger partial charge >= 0.3 is 5.97 Å². The van der Waals surface area contributed by atoms with Crippen LogP contribution in [0.5, 0.6) is 0 Å². The lowest BCUT2D eigenvalue weighted by Gasteiger charge is -2.25. The van der Waals surface area contributed by atoms with Gasteiger partial charge in [0.15, 0.2) is 0 Å². The SMILES string of the molecule is CSCCC(NC(=O)C(CCC(N)=O)NC(=O)C(N)C(C)O)C(=O)NC(Cc1cnc[nH]1)C(=O)O. The smallest absolute Gasteiger partial charge is 0.326 e. The number of nitrogens with zero attached hydrogens (tertiary/aromatic N) is 1. The van der Waals surface area contributed by atoms with Crippen LogP contribution in [0.4, 0.5) is 0 Å². The molecule has 0 spiro atoms. The quantitative estimate of drug-likeness (QED) is 0.112. The number of aliphatic carboxylic acids is 1. The number of primary amides is 1. The largest absolute Gasteiger partial charge is 0.480 e. The van der Waals surface area contributed by atoms with Gasteiger partial charge in [-0.2, -0.15) is 11.8 Å². The molecule has 1 aromatic heterocycles. The average Bonchev–Trinajstić information content (AvgIpc) is 3.30. The van der Waals surface area contributed by atoms with Crippen molar-refractivity contribution in [1.82, 2.24) is 25.9 Å². The third-order valence-corrected chi connectivity index (χ3v) is 5.62. The van der Waals surface area contributed by atoms with Crippen LogP contribution >= 0.6 is 11.8 Å². The number of hydrogen-bond acceptors (Lipinski definition) is 9. The van der Waals surface area contributed by atoms with Gasteiger partial charge in [-0.1, -0.05) is 0 Å². The second kappa shape index (κ2) is 15.0. The number of aliphatic hydroxyl groups excluding tert-OH is 1. The fourth-order valence-corrected chi connectivity index (χ4v) is 3.38. The molecule has 0 saturated heterocycles. The number of carbonyl (C=O) groups excluding carboxylic acids is 4. The van der Waals surface area contributed by atoms with Crippen LogP contribution in [0.2, 0.25) is 0 Å². The van der Waals surface area contributed by atoms with Crippen molar-refractivity contribution in [2.45, 2.75) is 62.9 Å². The highest BCUT2D eigenvalue weighted by Gasteiger charge is 2.31. The molecule has 0 aromatic carbocycles. The first kappa shape index (κ1) is 29.9. The number of aromatic nitrogens is 2. The minimum Gasteiger partial charge on any atom is -0.480 e. The summed E-state index contributed by atoms with van der Waals surface area (Å²) in [6.45, 7) is 1.30. The van der Waals surface area contributed by atoms with Crippen molar-refractivity contribution in [3.05, 3.63) is 18.2 Å². The lowest BCUT2D eigenvalue weighted by Crippen LogP contribution is -2.58. The lowest BCUT2D eigenvalue weighted by atomic mass is 10.1. The van der Waals surface area contributed by atoms with Crippen LogP contribution in [0.3, 0.4) is 0 Å². The molecule has 0 aliphatic carbocycles. The summed E-state index contributed by atoms with van der Waals surface area (Å²) in [6.07, 6.45) is 3.10. The minimum atomic E-state index is -1.33. The molecule has 0 aliphatic rings. The number of hydrogen-bond donors (Lipinski definition) is 8. The highest BCUT2D eigenvalue weighted by Crippen LogP contribution is 2.06. The van der Waals surface area contributed by atoms with Crippen LogP contribution in [0.1, 0.15) is 31.9 Å². The highest BCUT2D eigenvalue weighted by molar-refractivity contribution is 7.98. The standard InChI is InChI=1S/C20H33N7O7S/c1-10(28)16(22)19(32)26-12(3-4-15(21)29)17(30)25-13(5-6-35-2)18(31)27-14(20(33)34)7-11-8-23-9-24-11/h8-10,12-14,16,28H,3-7,22H2,1-2H3,(H2,21,29)(H,23,24)(H,25,30)(H,26,32)(H,27,31)(H,33,34). The van der Waals surface area contributed by atoms with E-state index in [2.05, 4.69) is 25.9 Å². The third kappa shape index (κ3) is 10.7. The zero-order valence-electron chi connectivity index (χ0n) is 19.5. The lowest BCUT2D eigenvalue weighted by molar-refractivity contribution is -0.142. The Morgan fingerprint density at radius 1 is 1.06 bits per heavy atom. The summed E-state index contributed by atoms with van der Waals surface area (Å²) in [5.74, 6) is -3.89. The van der Waals surface area contributed by atoms with Crippen molar-refractivity contribution in [3.63, 3.8) is 0 Å². The Kier molecular flexibility index (Phi) is 12.8. The van der Waals surface area contributed by atoms with Gasteiger partial charge in [0.1, 0.15) is 24.2 Å². The van der Waals surface area contributed by atoms with Crippen LogP contribution in [0.25, 0.3) is 0 Å². The predicted molar refractivity (Wildman–Crippen MR) is 127 cm³/mol. The number of aliphatic hydroxyl groups is 1. The number of thioether (sulfide) groups is 1. The number of amides is 4. The Balaban J connectivity index is 2.98. The van der Waals surface area contributed by atoms with E-state index in [-0.39, 0.29) is 25.7 Å². The van der Waals surface area contributed by atoms with Crippen molar-refractivity contribution in [2.24, 2.45) is 11.5 Å². The Labute approximate surface area is 206 Å². The molecule has 14 nitrogen and oxygen atoms in total. The van der Waals surface area contributed by atoms with E-state index in [9.17, 15) is 34.2 Å². The minimum absolute atomic E-state index is 0.0568.